The molecule has 0 fully saturated rings. The highest BCUT2D eigenvalue weighted by Crippen LogP contribution is 2.34. The highest BCUT2D eigenvalue weighted by Gasteiger charge is 2.23. The van der Waals surface area contributed by atoms with E-state index in [0.717, 1.165) is 5.56 Å². The zero-order valence-corrected chi connectivity index (χ0v) is 16.7. The number of anilines is 1. The molecule has 132 valence electrons. The molecular formula is C15H12BrCl2N3O3S. The molecule has 2 aromatic rings. The highest BCUT2D eigenvalue weighted by molar-refractivity contribution is 9.07. The second-order valence-corrected chi connectivity index (χ2v) is 8.45. The van der Waals surface area contributed by atoms with Crippen molar-refractivity contribution in [3.63, 3.8) is 0 Å². The van der Waals surface area contributed by atoms with Gasteiger partial charge in [-0.3, -0.25) is 4.72 Å². The summed E-state index contributed by atoms with van der Waals surface area (Å²) in [5.41, 5.74) is 1.53. The molecule has 0 unspecified atom stereocenters. The van der Waals surface area contributed by atoms with Crippen LogP contribution in [0.4, 0.5) is 5.82 Å². The second kappa shape index (κ2) is 7.03. The second-order valence-electron chi connectivity index (χ2n) is 5.11. The Labute approximate surface area is 163 Å². The van der Waals surface area contributed by atoms with Crippen LogP contribution in [0.5, 0.6) is 5.75 Å². The van der Waals surface area contributed by atoms with E-state index in [9.17, 15) is 8.42 Å². The van der Waals surface area contributed by atoms with E-state index in [1.165, 1.54) is 25.3 Å². The van der Waals surface area contributed by atoms with Gasteiger partial charge in [0.05, 0.1) is 29.4 Å². The quantitative estimate of drug-likeness (QED) is 0.683. The summed E-state index contributed by atoms with van der Waals surface area (Å²) < 4.78 is 34.8. The fourth-order valence-electron chi connectivity index (χ4n) is 2.28. The van der Waals surface area contributed by atoms with Gasteiger partial charge in [0.25, 0.3) is 10.0 Å². The third-order valence-corrected chi connectivity index (χ3v) is 6.27. The molecule has 1 aromatic carbocycles. The van der Waals surface area contributed by atoms with Crippen molar-refractivity contribution in [1.82, 2.24) is 8.91 Å². The normalized spacial score (nSPS) is 13.5. The maximum absolute atomic E-state index is 12.7. The van der Waals surface area contributed by atoms with Gasteiger partial charge in [-0.1, -0.05) is 29.3 Å². The summed E-state index contributed by atoms with van der Waals surface area (Å²) in [6.07, 6.45) is 3.67. The van der Waals surface area contributed by atoms with Crippen molar-refractivity contribution in [3.8, 4) is 5.75 Å². The minimum Gasteiger partial charge on any atom is -0.493 e. The molecule has 0 spiro atoms. The number of aromatic nitrogens is 1. The number of sulfonamides is 1. The summed E-state index contributed by atoms with van der Waals surface area (Å²) in [6.45, 7) is 0.475. The van der Waals surface area contributed by atoms with Crippen molar-refractivity contribution >= 4 is 61.3 Å². The fraction of sp³-hybridized carbons (Fsp3) is 0.133. The van der Waals surface area contributed by atoms with Crippen molar-refractivity contribution in [3.05, 3.63) is 51.8 Å². The standard InChI is InChI=1S/C15H12BrCl2N3O3S/c1-24-12-7-9-5-6-21(16)8-11(9)19-15(12)20-25(22,23)13-4-2-3-10(17)14(13)18/h2-7H,8H2,1H3,(H,19,20). The minimum atomic E-state index is -3.99. The van der Waals surface area contributed by atoms with Crippen molar-refractivity contribution in [2.45, 2.75) is 11.4 Å². The number of ether oxygens (including phenoxy) is 1. The van der Waals surface area contributed by atoms with Gasteiger partial charge in [-0.05, 0) is 24.3 Å². The van der Waals surface area contributed by atoms with Gasteiger partial charge in [0.2, 0.25) is 0 Å². The van der Waals surface area contributed by atoms with Crippen molar-refractivity contribution in [2.24, 2.45) is 0 Å². The number of pyridine rings is 1. The van der Waals surface area contributed by atoms with Crippen LogP contribution in [-0.2, 0) is 16.6 Å². The Bertz CT molecular complexity index is 967. The van der Waals surface area contributed by atoms with Crippen molar-refractivity contribution in [2.75, 3.05) is 11.8 Å². The molecule has 1 aliphatic heterocycles. The topological polar surface area (TPSA) is 71.5 Å². The monoisotopic (exact) mass is 463 g/mol. The van der Waals surface area contributed by atoms with Gasteiger partial charge < -0.3 is 8.66 Å². The third kappa shape index (κ3) is 3.72. The Morgan fingerprint density at radius 1 is 1.36 bits per heavy atom. The summed E-state index contributed by atoms with van der Waals surface area (Å²) in [4.78, 5) is 4.25. The number of rotatable bonds is 4. The largest absolute Gasteiger partial charge is 0.493 e. The molecule has 0 saturated heterocycles. The van der Waals surface area contributed by atoms with E-state index >= 15 is 0 Å². The van der Waals surface area contributed by atoms with E-state index in [-0.39, 0.29) is 20.8 Å². The Balaban J connectivity index is 2.04. The lowest BCUT2D eigenvalue weighted by molar-refractivity contribution is 0.414. The average molecular weight is 465 g/mol. The van der Waals surface area contributed by atoms with E-state index in [0.29, 0.717) is 18.0 Å². The molecule has 0 atom stereocenters. The predicted molar refractivity (Wildman–Crippen MR) is 102 cm³/mol. The summed E-state index contributed by atoms with van der Waals surface area (Å²) in [6, 6.07) is 6.10. The van der Waals surface area contributed by atoms with Gasteiger partial charge in [0.1, 0.15) is 4.90 Å². The lowest BCUT2D eigenvalue weighted by Crippen LogP contribution is -2.18. The molecule has 0 bridgehead atoms. The fourth-order valence-corrected chi connectivity index (χ4v) is 4.41. The zero-order chi connectivity index (χ0) is 18.2. The Kier molecular flexibility index (Phi) is 5.15. The molecule has 2 heterocycles. The van der Waals surface area contributed by atoms with Crippen LogP contribution < -0.4 is 9.46 Å². The smallest absolute Gasteiger partial charge is 0.264 e. The minimum absolute atomic E-state index is 0.0526. The van der Waals surface area contributed by atoms with Gasteiger partial charge in [-0.15, -0.1) is 0 Å². The van der Waals surface area contributed by atoms with Crippen molar-refractivity contribution < 1.29 is 13.2 Å². The SMILES string of the molecule is COc1cc2c(nc1NS(=O)(=O)c1cccc(Cl)c1Cl)CN(Br)C=C2. The van der Waals surface area contributed by atoms with E-state index in [1.54, 1.807) is 9.99 Å². The number of halogens is 3. The maximum Gasteiger partial charge on any atom is 0.264 e. The van der Waals surface area contributed by atoms with Gasteiger partial charge in [0, 0.05) is 27.9 Å². The van der Waals surface area contributed by atoms with Gasteiger partial charge in [0.15, 0.2) is 11.6 Å². The van der Waals surface area contributed by atoms with E-state index < -0.39 is 10.0 Å². The first-order valence-corrected chi connectivity index (χ1v) is 9.92. The highest BCUT2D eigenvalue weighted by atomic mass is 79.9. The van der Waals surface area contributed by atoms with Crippen LogP contribution >= 0.6 is 39.3 Å². The molecule has 1 N–H and O–H groups in total. The predicted octanol–water partition coefficient (Wildman–Crippen LogP) is 4.29. The molecular weight excluding hydrogens is 453 g/mol. The van der Waals surface area contributed by atoms with Crippen LogP contribution in [0, 0.1) is 0 Å². The van der Waals surface area contributed by atoms with Gasteiger partial charge in [-0.2, -0.15) is 0 Å². The first kappa shape index (κ1) is 18.3. The van der Waals surface area contributed by atoms with E-state index in [4.69, 9.17) is 27.9 Å². The lowest BCUT2D eigenvalue weighted by atomic mass is 10.1. The molecule has 0 saturated carbocycles. The van der Waals surface area contributed by atoms with Crippen molar-refractivity contribution in [1.29, 1.82) is 0 Å². The first-order chi connectivity index (χ1) is 11.8. The molecule has 1 aliphatic rings. The number of benzene rings is 1. The third-order valence-electron chi connectivity index (χ3n) is 3.47. The Morgan fingerprint density at radius 2 is 2.12 bits per heavy atom. The molecule has 1 aromatic heterocycles. The van der Waals surface area contributed by atoms with E-state index in [2.05, 4.69) is 25.9 Å². The molecule has 0 amide bonds. The zero-order valence-electron chi connectivity index (χ0n) is 12.8. The molecule has 3 rings (SSSR count). The lowest BCUT2D eigenvalue weighted by Gasteiger charge is -2.20. The molecule has 10 heteroatoms. The molecule has 0 aliphatic carbocycles. The van der Waals surface area contributed by atoms with Gasteiger partial charge in [-0.25, -0.2) is 13.4 Å². The Hall–Kier alpha value is -1.48. The van der Waals surface area contributed by atoms with Crippen LogP contribution in [0.3, 0.4) is 0 Å². The number of hydrogen-bond donors (Lipinski definition) is 1. The summed E-state index contributed by atoms with van der Waals surface area (Å²) in [7, 11) is -2.55. The summed E-state index contributed by atoms with van der Waals surface area (Å²) in [5, 5.41) is 0.0955. The van der Waals surface area contributed by atoms with Gasteiger partial charge >= 0.3 is 0 Å². The van der Waals surface area contributed by atoms with E-state index in [1.807, 2.05) is 12.3 Å². The molecule has 0 radical (unpaired) electrons. The molecule has 6 nitrogen and oxygen atoms in total. The summed E-state index contributed by atoms with van der Waals surface area (Å²) >= 11 is 15.3. The average Bonchev–Trinajstić information content (AvgIpc) is 2.56. The Morgan fingerprint density at radius 3 is 2.84 bits per heavy atom. The number of nitrogens with one attached hydrogen (secondary N) is 1. The van der Waals surface area contributed by atoms with Crippen LogP contribution in [0.25, 0.3) is 6.08 Å². The number of nitrogens with zero attached hydrogens (tertiary/aromatic N) is 2. The summed E-state index contributed by atoms with van der Waals surface area (Å²) in [5.74, 6) is 0.377. The van der Waals surface area contributed by atoms with Crippen LogP contribution in [0.2, 0.25) is 10.0 Å². The first-order valence-electron chi connectivity index (χ1n) is 6.97. The van der Waals surface area contributed by atoms with Crippen LogP contribution in [0.15, 0.2) is 35.4 Å². The van der Waals surface area contributed by atoms with Crippen LogP contribution in [0.1, 0.15) is 11.3 Å². The number of fused-ring (bicyclic) bond motifs is 1. The molecule has 25 heavy (non-hydrogen) atoms. The maximum atomic E-state index is 12.7. The van der Waals surface area contributed by atoms with Crippen LogP contribution in [-0.4, -0.2) is 24.4 Å². The number of methoxy groups -OCH3 is 1. The number of hydrogen-bond acceptors (Lipinski definition) is 5.